The van der Waals surface area contributed by atoms with Crippen LogP contribution in [0.2, 0.25) is 5.02 Å². The maximum Gasteiger partial charge on any atom is 0.301 e. The molecule has 0 spiro atoms. The van der Waals surface area contributed by atoms with E-state index in [0.717, 1.165) is 11.3 Å². The number of nitrogens with zero attached hydrogens (tertiary/aromatic N) is 3. The number of non-ortho nitro benzene ring substituents is 1. The van der Waals surface area contributed by atoms with Gasteiger partial charge in [0.25, 0.3) is 11.5 Å². The summed E-state index contributed by atoms with van der Waals surface area (Å²) in [7, 11) is 1.53. The smallest absolute Gasteiger partial charge is 0.301 e. The Morgan fingerprint density at radius 1 is 1.14 bits per heavy atom. The molecular formula is C25H16ClN3O6S. The zero-order valence-electron chi connectivity index (χ0n) is 18.5. The number of Topliss-reactive ketones (excluding diaryl/α,β-unsaturated/α-hetero) is 1. The SMILES string of the molecule is COc1ccc2nc(N3C(=O)C(=O)C(=C(O)c4ccc(Cl)cc4)[C@@H]3c3cccc([N+](=O)[O-])c3)sc2c1. The van der Waals surface area contributed by atoms with Gasteiger partial charge in [0.15, 0.2) is 5.13 Å². The van der Waals surface area contributed by atoms with E-state index in [0.29, 0.717) is 21.0 Å². The summed E-state index contributed by atoms with van der Waals surface area (Å²) in [6.07, 6.45) is 0. The van der Waals surface area contributed by atoms with Crippen LogP contribution in [-0.2, 0) is 9.59 Å². The van der Waals surface area contributed by atoms with Crippen LogP contribution in [0.5, 0.6) is 5.75 Å². The number of carbonyl (C=O) groups is 2. The first kappa shape index (κ1) is 23.5. The Balaban J connectivity index is 1.74. The Morgan fingerprint density at radius 2 is 1.89 bits per heavy atom. The molecule has 0 radical (unpaired) electrons. The van der Waals surface area contributed by atoms with Crippen molar-refractivity contribution in [1.82, 2.24) is 4.98 Å². The van der Waals surface area contributed by atoms with Crippen LogP contribution in [0.3, 0.4) is 0 Å². The first-order valence-corrected chi connectivity index (χ1v) is 11.7. The molecule has 1 amide bonds. The summed E-state index contributed by atoms with van der Waals surface area (Å²) in [6.45, 7) is 0. The summed E-state index contributed by atoms with van der Waals surface area (Å²) in [4.78, 5) is 43.2. The highest BCUT2D eigenvalue weighted by atomic mass is 35.5. The van der Waals surface area contributed by atoms with Gasteiger partial charge >= 0.3 is 5.91 Å². The lowest BCUT2D eigenvalue weighted by Gasteiger charge is -2.22. The Labute approximate surface area is 213 Å². The van der Waals surface area contributed by atoms with Crippen molar-refractivity contribution < 1.29 is 24.4 Å². The molecule has 1 aliphatic heterocycles. The van der Waals surface area contributed by atoms with E-state index in [-0.39, 0.29) is 27.5 Å². The number of hydrogen-bond donors (Lipinski definition) is 1. The van der Waals surface area contributed by atoms with E-state index in [2.05, 4.69) is 4.98 Å². The number of fused-ring (bicyclic) bond motifs is 1. The van der Waals surface area contributed by atoms with Crippen molar-refractivity contribution in [2.45, 2.75) is 6.04 Å². The van der Waals surface area contributed by atoms with Gasteiger partial charge in [-0.05, 0) is 48.0 Å². The molecule has 1 atom stereocenters. The van der Waals surface area contributed by atoms with Crippen molar-refractivity contribution >= 4 is 61.4 Å². The molecule has 1 N–H and O–H groups in total. The highest BCUT2D eigenvalue weighted by Gasteiger charge is 2.48. The number of carbonyl (C=O) groups excluding carboxylic acids is 2. The molecule has 4 aromatic rings. The number of ether oxygens (including phenoxy) is 1. The van der Waals surface area contributed by atoms with Gasteiger partial charge in [0.05, 0.1) is 33.9 Å². The monoisotopic (exact) mass is 521 g/mol. The van der Waals surface area contributed by atoms with Gasteiger partial charge in [-0.1, -0.05) is 35.1 Å². The van der Waals surface area contributed by atoms with Crippen LogP contribution in [0.25, 0.3) is 16.0 Å². The number of anilines is 1. The second kappa shape index (κ2) is 9.06. The van der Waals surface area contributed by atoms with E-state index in [1.165, 1.54) is 54.5 Å². The van der Waals surface area contributed by atoms with Crippen LogP contribution < -0.4 is 9.64 Å². The van der Waals surface area contributed by atoms with E-state index < -0.39 is 28.4 Å². The Bertz CT molecular complexity index is 1580. The molecule has 0 unspecified atom stereocenters. The van der Waals surface area contributed by atoms with Crippen molar-refractivity contribution in [3.63, 3.8) is 0 Å². The number of aliphatic hydroxyl groups is 1. The van der Waals surface area contributed by atoms with Gasteiger partial charge in [-0.3, -0.25) is 24.6 Å². The Hall–Kier alpha value is -4.28. The number of halogens is 1. The summed E-state index contributed by atoms with van der Waals surface area (Å²) in [5, 5.41) is 23.2. The number of rotatable bonds is 5. The second-order valence-electron chi connectivity index (χ2n) is 7.86. The third-order valence-electron chi connectivity index (χ3n) is 5.75. The predicted molar refractivity (Wildman–Crippen MR) is 136 cm³/mol. The number of ketones is 1. The standard InChI is InChI=1S/C25H16ClN3O6S/c1-35-17-9-10-18-19(12-17)36-25(27-18)28-21(14-3-2-4-16(11-14)29(33)34)20(23(31)24(28)32)22(30)13-5-7-15(26)8-6-13/h2-12,21,30H,1H3/t21-/m0/s1. The summed E-state index contributed by atoms with van der Waals surface area (Å²) in [5.41, 5.74) is 0.684. The lowest BCUT2D eigenvalue weighted by atomic mass is 9.95. The van der Waals surface area contributed by atoms with Gasteiger partial charge in [-0.2, -0.15) is 0 Å². The molecule has 11 heteroatoms. The molecule has 1 aromatic heterocycles. The zero-order chi connectivity index (χ0) is 25.6. The zero-order valence-corrected chi connectivity index (χ0v) is 20.1. The van der Waals surface area contributed by atoms with Crippen molar-refractivity contribution in [1.29, 1.82) is 0 Å². The quantitative estimate of drug-likeness (QED) is 0.121. The molecule has 0 aliphatic carbocycles. The molecule has 9 nitrogen and oxygen atoms in total. The molecule has 36 heavy (non-hydrogen) atoms. The van der Waals surface area contributed by atoms with E-state index in [9.17, 15) is 24.8 Å². The molecule has 1 fully saturated rings. The minimum absolute atomic E-state index is 0.201. The number of aliphatic hydroxyl groups excluding tert-OH is 1. The summed E-state index contributed by atoms with van der Waals surface area (Å²) >= 11 is 7.11. The molecule has 1 aliphatic rings. The Morgan fingerprint density at radius 3 is 2.58 bits per heavy atom. The molecule has 0 bridgehead atoms. The molecule has 0 saturated carbocycles. The number of nitro groups is 1. The summed E-state index contributed by atoms with van der Waals surface area (Å²) < 4.78 is 5.97. The number of hydrogen-bond acceptors (Lipinski definition) is 8. The largest absolute Gasteiger partial charge is 0.507 e. The van der Waals surface area contributed by atoms with Crippen LogP contribution in [0.4, 0.5) is 10.8 Å². The van der Waals surface area contributed by atoms with Crippen molar-refractivity contribution in [3.05, 3.63) is 98.6 Å². The average Bonchev–Trinajstić information content (AvgIpc) is 3.41. The van der Waals surface area contributed by atoms with Crippen LogP contribution >= 0.6 is 22.9 Å². The van der Waals surface area contributed by atoms with Gasteiger partial charge in [-0.25, -0.2) is 4.98 Å². The average molecular weight is 522 g/mol. The fourth-order valence-corrected chi connectivity index (χ4v) is 5.19. The minimum atomic E-state index is -1.15. The third-order valence-corrected chi connectivity index (χ3v) is 7.02. The highest BCUT2D eigenvalue weighted by Crippen LogP contribution is 2.45. The third kappa shape index (κ3) is 3.96. The molecule has 1 saturated heterocycles. The van der Waals surface area contributed by atoms with Crippen molar-refractivity contribution in [3.8, 4) is 5.75 Å². The lowest BCUT2D eigenvalue weighted by molar-refractivity contribution is -0.384. The van der Waals surface area contributed by atoms with E-state index in [4.69, 9.17) is 16.3 Å². The number of amides is 1. The number of aromatic nitrogens is 1. The fraction of sp³-hybridized carbons (Fsp3) is 0.0800. The predicted octanol–water partition coefficient (Wildman–Crippen LogP) is 5.49. The van der Waals surface area contributed by atoms with Gasteiger partial charge < -0.3 is 9.84 Å². The van der Waals surface area contributed by atoms with Crippen LogP contribution in [-0.4, -0.2) is 33.8 Å². The first-order chi connectivity index (χ1) is 17.3. The van der Waals surface area contributed by atoms with E-state index in [1.54, 1.807) is 24.3 Å². The van der Waals surface area contributed by atoms with Gasteiger partial charge in [0.1, 0.15) is 11.5 Å². The van der Waals surface area contributed by atoms with Crippen LogP contribution in [0.1, 0.15) is 17.2 Å². The fourth-order valence-electron chi connectivity index (χ4n) is 4.04. The van der Waals surface area contributed by atoms with Gasteiger partial charge in [-0.15, -0.1) is 0 Å². The molecule has 180 valence electrons. The van der Waals surface area contributed by atoms with Crippen molar-refractivity contribution in [2.75, 3.05) is 12.0 Å². The lowest BCUT2D eigenvalue weighted by Crippen LogP contribution is -2.29. The number of methoxy groups -OCH3 is 1. The van der Waals surface area contributed by atoms with Crippen LogP contribution in [0.15, 0.2) is 72.3 Å². The topological polar surface area (TPSA) is 123 Å². The van der Waals surface area contributed by atoms with E-state index >= 15 is 0 Å². The molecule has 5 rings (SSSR count). The number of benzene rings is 3. The molecule has 3 aromatic carbocycles. The van der Waals surface area contributed by atoms with Crippen molar-refractivity contribution in [2.24, 2.45) is 0 Å². The normalized spacial score (nSPS) is 17.1. The van der Waals surface area contributed by atoms with Gasteiger partial charge in [0, 0.05) is 22.7 Å². The maximum absolute atomic E-state index is 13.3. The first-order valence-electron chi connectivity index (χ1n) is 10.5. The van der Waals surface area contributed by atoms with E-state index in [1.807, 2.05) is 0 Å². The Kier molecular flexibility index (Phi) is 5.91. The number of thiazole rings is 1. The van der Waals surface area contributed by atoms with Crippen LogP contribution in [0, 0.1) is 10.1 Å². The number of nitro benzene ring substituents is 1. The molecule has 2 heterocycles. The highest BCUT2D eigenvalue weighted by molar-refractivity contribution is 7.22. The van der Waals surface area contributed by atoms with Gasteiger partial charge in [0.2, 0.25) is 0 Å². The maximum atomic E-state index is 13.3. The second-order valence-corrected chi connectivity index (χ2v) is 9.30. The molecular weight excluding hydrogens is 506 g/mol. The summed E-state index contributed by atoms with van der Waals surface area (Å²) in [5.74, 6) is -1.67. The minimum Gasteiger partial charge on any atom is -0.507 e. The summed E-state index contributed by atoms with van der Waals surface area (Å²) in [6, 6.07) is 15.7.